The van der Waals surface area contributed by atoms with Gasteiger partial charge in [-0.05, 0) is 65.2 Å². The molecule has 96 valence electrons. The van der Waals surface area contributed by atoms with Gasteiger partial charge in [-0.3, -0.25) is 0 Å². The summed E-state index contributed by atoms with van der Waals surface area (Å²) in [6.07, 6.45) is 8.74. The van der Waals surface area contributed by atoms with E-state index in [9.17, 15) is 0 Å². The third-order valence-corrected chi connectivity index (χ3v) is 3.59. The van der Waals surface area contributed by atoms with Crippen LogP contribution >= 0.6 is 0 Å². The first-order valence-electron chi connectivity index (χ1n) is 6.86. The van der Waals surface area contributed by atoms with Crippen molar-refractivity contribution in [2.24, 2.45) is 0 Å². The minimum atomic E-state index is 0.340. The number of aliphatic hydroxyl groups excluding tert-OH is 1. The molecule has 0 radical (unpaired) electrons. The maximum Gasteiger partial charge on any atom is 0.0431 e. The average molecular weight is 228 g/mol. The number of aliphatic hydroxyl groups is 1. The Morgan fingerprint density at radius 1 is 1.19 bits per heavy atom. The number of nitrogens with one attached hydrogen (secondary N) is 1. The van der Waals surface area contributed by atoms with Crippen molar-refractivity contribution in [1.82, 2.24) is 10.2 Å². The van der Waals surface area contributed by atoms with Crippen molar-refractivity contribution in [2.45, 2.75) is 51.0 Å². The molecule has 1 rings (SSSR count). The molecule has 0 aromatic carbocycles. The highest BCUT2D eigenvalue weighted by atomic mass is 16.2. The summed E-state index contributed by atoms with van der Waals surface area (Å²) >= 11 is 0. The molecule has 0 aromatic heterocycles. The summed E-state index contributed by atoms with van der Waals surface area (Å²) in [5, 5.41) is 12.1. The fourth-order valence-electron chi connectivity index (χ4n) is 2.44. The maximum absolute atomic E-state index is 8.64. The zero-order valence-corrected chi connectivity index (χ0v) is 10.7. The molecule has 1 saturated heterocycles. The van der Waals surface area contributed by atoms with Crippen LogP contribution in [0.5, 0.6) is 0 Å². The standard InChI is InChI=1S/C13H28N2O/c1-15-11-5-3-7-13(15)8-10-14-9-4-2-6-12-16/h13-14,16H,2-12H2,1H3. The normalized spacial score (nSPS) is 22.5. The number of unbranched alkanes of at least 4 members (excludes halogenated alkanes) is 2. The van der Waals surface area contributed by atoms with Crippen LogP contribution in [0.15, 0.2) is 0 Å². The summed E-state index contributed by atoms with van der Waals surface area (Å²) in [5.41, 5.74) is 0. The minimum absolute atomic E-state index is 0.340. The highest BCUT2D eigenvalue weighted by molar-refractivity contribution is 4.74. The highest BCUT2D eigenvalue weighted by Gasteiger charge is 2.17. The van der Waals surface area contributed by atoms with Crippen molar-refractivity contribution in [3.8, 4) is 0 Å². The largest absolute Gasteiger partial charge is 0.396 e. The molecule has 1 heterocycles. The molecule has 1 aliphatic rings. The highest BCUT2D eigenvalue weighted by Crippen LogP contribution is 2.16. The van der Waals surface area contributed by atoms with E-state index in [0.717, 1.165) is 32.0 Å². The molecule has 16 heavy (non-hydrogen) atoms. The van der Waals surface area contributed by atoms with Gasteiger partial charge in [-0.15, -0.1) is 0 Å². The second-order valence-electron chi connectivity index (χ2n) is 4.95. The van der Waals surface area contributed by atoms with E-state index in [4.69, 9.17) is 5.11 Å². The van der Waals surface area contributed by atoms with Gasteiger partial charge in [0.05, 0.1) is 0 Å². The number of likely N-dealkylation sites (tertiary alicyclic amines) is 1. The Morgan fingerprint density at radius 2 is 2.06 bits per heavy atom. The Balaban J connectivity index is 1.90. The van der Waals surface area contributed by atoms with Crippen LogP contribution in [0.3, 0.4) is 0 Å². The fourth-order valence-corrected chi connectivity index (χ4v) is 2.44. The zero-order valence-electron chi connectivity index (χ0n) is 10.7. The molecule has 0 amide bonds. The van der Waals surface area contributed by atoms with Gasteiger partial charge in [0.15, 0.2) is 0 Å². The molecule has 3 heteroatoms. The van der Waals surface area contributed by atoms with Crippen LogP contribution in [0.4, 0.5) is 0 Å². The lowest BCUT2D eigenvalue weighted by molar-refractivity contribution is 0.175. The van der Waals surface area contributed by atoms with Gasteiger partial charge in [0.25, 0.3) is 0 Å². The molecule has 0 aliphatic carbocycles. The fraction of sp³-hybridized carbons (Fsp3) is 1.00. The van der Waals surface area contributed by atoms with E-state index in [1.54, 1.807) is 0 Å². The molecular weight excluding hydrogens is 200 g/mol. The molecule has 0 spiro atoms. The number of rotatable bonds is 8. The van der Waals surface area contributed by atoms with E-state index < -0.39 is 0 Å². The van der Waals surface area contributed by atoms with Gasteiger partial charge in [-0.2, -0.15) is 0 Å². The van der Waals surface area contributed by atoms with Crippen LogP contribution in [0.1, 0.15) is 44.9 Å². The first-order chi connectivity index (χ1) is 7.84. The van der Waals surface area contributed by atoms with Crippen molar-refractivity contribution >= 4 is 0 Å². The topological polar surface area (TPSA) is 35.5 Å². The van der Waals surface area contributed by atoms with Crippen LogP contribution in [0, 0.1) is 0 Å². The third kappa shape index (κ3) is 5.83. The minimum Gasteiger partial charge on any atom is -0.396 e. The van der Waals surface area contributed by atoms with Crippen molar-refractivity contribution in [2.75, 3.05) is 33.3 Å². The summed E-state index contributed by atoms with van der Waals surface area (Å²) in [6.45, 7) is 3.87. The first-order valence-corrected chi connectivity index (χ1v) is 6.86. The summed E-state index contributed by atoms with van der Waals surface area (Å²) in [7, 11) is 2.26. The van der Waals surface area contributed by atoms with Crippen molar-refractivity contribution in [3.05, 3.63) is 0 Å². The van der Waals surface area contributed by atoms with E-state index >= 15 is 0 Å². The van der Waals surface area contributed by atoms with Crippen LogP contribution in [-0.4, -0.2) is 49.3 Å². The lowest BCUT2D eigenvalue weighted by atomic mass is 10.0. The Labute approximate surface area is 100 Å². The number of piperidine rings is 1. The molecule has 2 N–H and O–H groups in total. The molecule has 0 bridgehead atoms. The van der Waals surface area contributed by atoms with Gasteiger partial charge >= 0.3 is 0 Å². The van der Waals surface area contributed by atoms with E-state index in [1.165, 1.54) is 38.6 Å². The van der Waals surface area contributed by atoms with Gasteiger partial charge < -0.3 is 15.3 Å². The van der Waals surface area contributed by atoms with Gasteiger partial charge in [-0.1, -0.05) is 6.42 Å². The number of hydrogen-bond acceptors (Lipinski definition) is 3. The van der Waals surface area contributed by atoms with E-state index in [2.05, 4.69) is 17.3 Å². The quantitative estimate of drug-likeness (QED) is 0.620. The van der Waals surface area contributed by atoms with E-state index in [1.807, 2.05) is 0 Å². The zero-order chi connectivity index (χ0) is 11.6. The van der Waals surface area contributed by atoms with E-state index in [-0.39, 0.29) is 0 Å². The lowest BCUT2D eigenvalue weighted by Gasteiger charge is -2.32. The molecule has 1 aliphatic heterocycles. The smallest absolute Gasteiger partial charge is 0.0431 e. The van der Waals surface area contributed by atoms with Gasteiger partial charge in [-0.25, -0.2) is 0 Å². The van der Waals surface area contributed by atoms with Gasteiger partial charge in [0.1, 0.15) is 0 Å². The lowest BCUT2D eigenvalue weighted by Crippen LogP contribution is -2.38. The predicted molar refractivity (Wildman–Crippen MR) is 68.7 cm³/mol. The average Bonchev–Trinajstić information content (AvgIpc) is 2.30. The molecule has 0 saturated carbocycles. The summed E-state index contributed by atoms with van der Waals surface area (Å²) in [5.74, 6) is 0. The van der Waals surface area contributed by atoms with E-state index in [0.29, 0.717) is 6.61 Å². The van der Waals surface area contributed by atoms with Crippen molar-refractivity contribution in [1.29, 1.82) is 0 Å². The Kier molecular flexibility index (Phi) is 7.81. The summed E-state index contributed by atoms with van der Waals surface area (Å²) < 4.78 is 0. The Morgan fingerprint density at radius 3 is 2.81 bits per heavy atom. The van der Waals surface area contributed by atoms with Crippen LogP contribution in [-0.2, 0) is 0 Å². The Bertz CT molecular complexity index is 164. The summed E-state index contributed by atoms with van der Waals surface area (Å²) in [6, 6.07) is 0.804. The summed E-state index contributed by atoms with van der Waals surface area (Å²) in [4.78, 5) is 2.51. The van der Waals surface area contributed by atoms with Gasteiger partial charge in [0, 0.05) is 12.6 Å². The molecule has 3 nitrogen and oxygen atoms in total. The molecular formula is C13H28N2O. The number of hydrogen-bond donors (Lipinski definition) is 2. The molecule has 1 unspecified atom stereocenters. The Hall–Kier alpha value is -0.120. The molecule has 1 atom stereocenters. The van der Waals surface area contributed by atoms with Crippen LogP contribution in [0.25, 0.3) is 0 Å². The van der Waals surface area contributed by atoms with Crippen LogP contribution < -0.4 is 5.32 Å². The maximum atomic E-state index is 8.64. The van der Waals surface area contributed by atoms with Crippen molar-refractivity contribution in [3.63, 3.8) is 0 Å². The predicted octanol–water partition coefficient (Wildman–Crippen LogP) is 1.61. The first kappa shape index (κ1) is 13.9. The van der Waals surface area contributed by atoms with Crippen LogP contribution in [0.2, 0.25) is 0 Å². The monoisotopic (exact) mass is 228 g/mol. The number of nitrogens with zero attached hydrogens (tertiary/aromatic N) is 1. The molecule has 1 fully saturated rings. The second-order valence-corrected chi connectivity index (χ2v) is 4.95. The SMILES string of the molecule is CN1CCCCC1CCNCCCCCO. The second kappa shape index (κ2) is 8.97. The third-order valence-electron chi connectivity index (χ3n) is 3.59. The molecule has 0 aromatic rings. The van der Waals surface area contributed by atoms with Crippen molar-refractivity contribution < 1.29 is 5.11 Å². The van der Waals surface area contributed by atoms with Gasteiger partial charge in [0.2, 0.25) is 0 Å².